The van der Waals surface area contributed by atoms with Crippen molar-refractivity contribution >= 4 is 6.03 Å². The van der Waals surface area contributed by atoms with Crippen LogP contribution in [0.4, 0.5) is 4.79 Å². The number of likely N-dealkylation sites (tertiary alicyclic amines) is 1. The third-order valence-corrected chi connectivity index (χ3v) is 5.77. The summed E-state index contributed by atoms with van der Waals surface area (Å²) in [6.45, 7) is 7.38. The Morgan fingerprint density at radius 1 is 1.19 bits per heavy atom. The zero-order chi connectivity index (χ0) is 19.1. The molecule has 1 aromatic carbocycles. The number of likely N-dealkylation sites (N-methyl/N-ethyl adjacent to an activating group) is 1. The number of nitrogens with one attached hydrogen (secondary N) is 1. The summed E-state index contributed by atoms with van der Waals surface area (Å²) >= 11 is 0. The summed E-state index contributed by atoms with van der Waals surface area (Å²) in [6.07, 6.45) is 4.25. The van der Waals surface area contributed by atoms with E-state index in [2.05, 4.69) is 28.2 Å². The second-order valence-electron chi connectivity index (χ2n) is 7.71. The quantitative estimate of drug-likeness (QED) is 0.745. The van der Waals surface area contributed by atoms with Gasteiger partial charge in [-0.2, -0.15) is 0 Å². The maximum Gasteiger partial charge on any atom is 0.317 e. The Morgan fingerprint density at radius 3 is 2.78 bits per heavy atom. The smallest absolute Gasteiger partial charge is 0.317 e. The van der Waals surface area contributed by atoms with E-state index in [4.69, 9.17) is 4.74 Å². The number of amides is 2. The first-order valence-corrected chi connectivity index (χ1v) is 10.3. The molecular weight excluding hydrogens is 340 g/mol. The van der Waals surface area contributed by atoms with Gasteiger partial charge in [-0.25, -0.2) is 4.79 Å². The Labute approximate surface area is 163 Å². The van der Waals surface area contributed by atoms with Gasteiger partial charge in [0.2, 0.25) is 0 Å². The van der Waals surface area contributed by atoms with Gasteiger partial charge < -0.3 is 24.8 Å². The highest BCUT2D eigenvalue weighted by molar-refractivity contribution is 5.75. The van der Waals surface area contributed by atoms with E-state index in [0.29, 0.717) is 0 Å². The summed E-state index contributed by atoms with van der Waals surface area (Å²) in [5, 5.41) is 3.13. The van der Waals surface area contributed by atoms with Crippen LogP contribution in [0.3, 0.4) is 0 Å². The highest BCUT2D eigenvalue weighted by Gasteiger charge is 2.29. The van der Waals surface area contributed by atoms with Crippen LogP contribution in [0.2, 0.25) is 0 Å². The molecule has 0 saturated carbocycles. The summed E-state index contributed by atoms with van der Waals surface area (Å²) in [6, 6.07) is 8.32. The first-order chi connectivity index (χ1) is 13.2. The molecule has 1 aromatic rings. The summed E-state index contributed by atoms with van der Waals surface area (Å²) in [5.41, 5.74) is 1.16. The van der Waals surface area contributed by atoms with E-state index in [1.807, 2.05) is 23.1 Å². The minimum Gasteiger partial charge on any atom is -0.497 e. The third kappa shape index (κ3) is 5.59. The van der Waals surface area contributed by atoms with Gasteiger partial charge in [0, 0.05) is 39.3 Å². The standard InChI is InChI=1S/C21H34N4O2/c1-23-13-15-24(16-14-23)11-4-3-10-22-21(26)25-12-6-9-20(25)18-7-5-8-19(17-18)27-2/h5,7-8,17,20H,3-4,6,9-16H2,1-2H3,(H,22,26). The number of hydrogen-bond acceptors (Lipinski definition) is 4. The molecule has 2 fully saturated rings. The number of rotatable bonds is 7. The molecule has 0 aliphatic carbocycles. The van der Waals surface area contributed by atoms with Crippen molar-refractivity contribution < 1.29 is 9.53 Å². The van der Waals surface area contributed by atoms with Gasteiger partial charge in [-0.15, -0.1) is 0 Å². The van der Waals surface area contributed by atoms with Crippen molar-refractivity contribution in [3.8, 4) is 5.75 Å². The van der Waals surface area contributed by atoms with E-state index in [9.17, 15) is 4.79 Å². The fourth-order valence-corrected chi connectivity index (χ4v) is 4.03. The lowest BCUT2D eigenvalue weighted by Crippen LogP contribution is -2.44. The first kappa shape index (κ1) is 20.0. The molecule has 1 unspecified atom stereocenters. The largest absolute Gasteiger partial charge is 0.497 e. The number of urea groups is 1. The Bertz CT molecular complexity index is 602. The van der Waals surface area contributed by atoms with Crippen LogP contribution in [0, 0.1) is 0 Å². The van der Waals surface area contributed by atoms with Crippen LogP contribution in [0.5, 0.6) is 5.75 Å². The topological polar surface area (TPSA) is 48.1 Å². The summed E-state index contributed by atoms with van der Waals surface area (Å²) in [5.74, 6) is 0.851. The second kappa shape index (κ2) is 9.95. The number of hydrogen-bond donors (Lipinski definition) is 1. The second-order valence-corrected chi connectivity index (χ2v) is 7.71. The Morgan fingerprint density at radius 2 is 2.00 bits per heavy atom. The number of ether oxygens (including phenoxy) is 1. The van der Waals surface area contributed by atoms with Gasteiger partial charge in [-0.1, -0.05) is 12.1 Å². The summed E-state index contributed by atoms with van der Waals surface area (Å²) < 4.78 is 5.33. The monoisotopic (exact) mass is 374 g/mol. The molecule has 27 heavy (non-hydrogen) atoms. The Kier molecular flexibility index (Phi) is 7.35. The number of benzene rings is 1. The van der Waals surface area contributed by atoms with Crippen molar-refractivity contribution in [1.82, 2.24) is 20.0 Å². The van der Waals surface area contributed by atoms with E-state index < -0.39 is 0 Å². The normalized spacial score (nSPS) is 21.4. The number of carbonyl (C=O) groups excluding carboxylic acids is 1. The third-order valence-electron chi connectivity index (χ3n) is 5.77. The van der Waals surface area contributed by atoms with Crippen molar-refractivity contribution in [3.05, 3.63) is 29.8 Å². The Balaban J connectivity index is 1.39. The SMILES string of the molecule is COc1cccc(C2CCCN2C(=O)NCCCCN2CCN(C)CC2)c1. The lowest BCUT2D eigenvalue weighted by atomic mass is 10.0. The van der Waals surface area contributed by atoms with Crippen LogP contribution in [0.15, 0.2) is 24.3 Å². The lowest BCUT2D eigenvalue weighted by Gasteiger charge is -2.32. The van der Waals surface area contributed by atoms with E-state index in [-0.39, 0.29) is 12.1 Å². The van der Waals surface area contributed by atoms with Crippen molar-refractivity contribution in [2.75, 3.05) is 60.0 Å². The molecule has 2 heterocycles. The molecule has 0 bridgehead atoms. The average molecular weight is 375 g/mol. The molecule has 2 saturated heterocycles. The van der Waals surface area contributed by atoms with E-state index in [0.717, 1.165) is 69.7 Å². The summed E-state index contributed by atoms with van der Waals surface area (Å²) in [7, 11) is 3.87. The zero-order valence-electron chi connectivity index (χ0n) is 16.8. The van der Waals surface area contributed by atoms with Gasteiger partial charge in [0.15, 0.2) is 0 Å². The first-order valence-electron chi connectivity index (χ1n) is 10.3. The molecule has 150 valence electrons. The molecule has 0 aromatic heterocycles. The number of nitrogens with zero attached hydrogens (tertiary/aromatic N) is 3. The van der Waals surface area contributed by atoms with Gasteiger partial charge in [-0.3, -0.25) is 0 Å². The van der Waals surface area contributed by atoms with Crippen LogP contribution in [-0.2, 0) is 0 Å². The fourth-order valence-electron chi connectivity index (χ4n) is 4.03. The van der Waals surface area contributed by atoms with Gasteiger partial charge in [0.1, 0.15) is 5.75 Å². The molecular formula is C21H34N4O2. The number of carbonyl (C=O) groups is 1. The lowest BCUT2D eigenvalue weighted by molar-refractivity contribution is 0.152. The highest BCUT2D eigenvalue weighted by Crippen LogP contribution is 2.33. The minimum atomic E-state index is 0.0694. The van der Waals surface area contributed by atoms with Crippen LogP contribution < -0.4 is 10.1 Å². The van der Waals surface area contributed by atoms with Crippen molar-refractivity contribution in [2.45, 2.75) is 31.7 Å². The van der Waals surface area contributed by atoms with E-state index >= 15 is 0 Å². The molecule has 2 aliphatic heterocycles. The predicted octanol–water partition coefficient (Wildman–Crippen LogP) is 2.57. The van der Waals surface area contributed by atoms with Crippen LogP contribution >= 0.6 is 0 Å². The van der Waals surface area contributed by atoms with E-state index in [1.165, 1.54) is 13.1 Å². The molecule has 0 radical (unpaired) electrons. The molecule has 1 atom stereocenters. The Hall–Kier alpha value is -1.79. The van der Waals surface area contributed by atoms with Crippen molar-refractivity contribution in [2.24, 2.45) is 0 Å². The molecule has 3 rings (SSSR count). The van der Waals surface area contributed by atoms with Gasteiger partial charge in [-0.05, 0) is 57.0 Å². The molecule has 0 spiro atoms. The number of piperazine rings is 1. The molecule has 6 nitrogen and oxygen atoms in total. The van der Waals surface area contributed by atoms with E-state index in [1.54, 1.807) is 7.11 Å². The van der Waals surface area contributed by atoms with Crippen molar-refractivity contribution in [1.29, 1.82) is 0 Å². The molecule has 1 N–H and O–H groups in total. The minimum absolute atomic E-state index is 0.0694. The van der Waals surface area contributed by atoms with Crippen molar-refractivity contribution in [3.63, 3.8) is 0 Å². The average Bonchev–Trinajstić information content (AvgIpc) is 3.19. The summed E-state index contributed by atoms with van der Waals surface area (Å²) in [4.78, 5) is 19.5. The molecule has 2 amide bonds. The predicted molar refractivity (Wildman–Crippen MR) is 108 cm³/mol. The van der Waals surface area contributed by atoms with Gasteiger partial charge >= 0.3 is 6.03 Å². The molecule has 6 heteroatoms. The van der Waals surface area contributed by atoms with Crippen LogP contribution in [-0.4, -0.2) is 80.7 Å². The van der Waals surface area contributed by atoms with Gasteiger partial charge in [0.05, 0.1) is 13.2 Å². The maximum absolute atomic E-state index is 12.7. The van der Waals surface area contributed by atoms with Gasteiger partial charge in [0.25, 0.3) is 0 Å². The zero-order valence-corrected chi connectivity index (χ0v) is 16.8. The number of methoxy groups -OCH3 is 1. The maximum atomic E-state index is 12.7. The molecule has 2 aliphatic rings. The highest BCUT2D eigenvalue weighted by atomic mass is 16.5. The fraction of sp³-hybridized carbons (Fsp3) is 0.667. The van der Waals surface area contributed by atoms with Crippen LogP contribution in [0.1, 0.15) is 37.3 Å². The number of unbranched alkanes of at least 4 members (excludes halogenated alkanes) is 1. The van der Waals surface area contributed by atoms with Crippen LogP contribution in [0.25, 0.3) is 0 Å².